The van der Waals surface area contributed by atoms with Gasteiger partial charge in [-0.25, -0.2) is 0 Å². The number of aromatic nitrogens is 1. The molecule has 2 aromatic rings. The lowest BCUT2D eigenvalue weighted by atomic mass is 10.1. The van der Waals surface area contributed by atoms with E-state index in [-0.39, 0.29) is 0 Å². The van der Waals surface area contributed by atoms with E-state index < -0.39 is 0 Å². The molecule has 1 heterocycles. The summed E-state index contributed by atoms with van der Waals surface area (Å²) in [6.45, 7) is 5.27. The van der Waals surface area contributed by atoms with E-state index in [0.717, 1.165) is 27.4 Å². The van der Waals surface area contributed by atoms with Gasteiger partial charge in [0.05, 0.1) is 12.3 Å². The zero-order valence-corrected chi connectivity index (χ0v) is 10.9. The molecule has 0 aliphatic rings. The van der Waals surface area contributed by atoms with Crippen molar-refractivity contribution in [3.63, 3.8) is 0 Å². The second-order valence-electron chi connectivity index (χ2n) is 3.80. The molecule has 90 valence electrons. The Labute approximate surface area is 105 Å². The predicted molar refractivity (Wildman–Crippen MR) is 71.3 cm³/mol. The highest BCUT2D eigenvalue weighted by Crippen LogP contribution is 2.27. The first-order valence-corrected chi connectivity index (χ1v) is 6.41. The van der Waals surface area contributed by atoms with Crippen molar-refractivity contribution in [2.75, 3.05) is 6.61 Å². The minimum absolute atomic E-state index is 0.549. The summed E-state index contributed by atoms with van der Waals surface area (Å²) in [5.74, 6) is 0.936. The quantitative estimate of drug-likeness (QED) is 0.905. The summed E-state index contributed by atoms with van der Waals surface area (Å²) in [5.41, 5.74) is 8.82. The molecule has 4 heteroatoms. The largest absolute Gasteiger partial charge is 0.494 e. The Morgan fingerprint density at radius 3 is 2.76 bits per heavy atom. The summed E-state index contributed by atoms with van der Waals surface area (Å²) in [6.07, 6.45) is 0. The molecule has 0 bridgehead atoms. The van der Waals surface area contributed by atoms with Gasteiger partial charge in [0.2, 0.25) is 0 Å². The Hall–Kier alpha value is -1.39. The van der Waals surface area contributed by atoms with Crippen LogP contribution in [0, 0.1) is 6.92 Å². The van der Waals surface area contributed by atoms with E-state index in [2.05, 4.69) is 10.4 Å². The van der Waals surface area contributed by atoms with Crippen molar-refractivity contribution in [1.82, 2.24) is 4.37 Å². The molecule has 0 spiro atoms. The van der Waals surface area contributed by atoms with Gasteiger partial charge in [0.1, 0.15) is 5.75 Å². The minimum Gasteiger partial charge on any atom is -0.494 e. The number of benzene rings is 1. The second-order valence-corrected chi connectivity index (χ2v) is 4.69. The van der Waals surface area contributed by atoms with E-state index >= 15 is 0 Å². The van der Waals surface area contributed by atoms with Crippen molar-refractivity contribution in [2.45, 2.75) is 20.4 Å². The Kier molecular flexibility index (Phi) is 3.76. The molecule has 1 aromatic carbocycles. The van der Waals surface area contributed by atoms with Crippen LogP contribution in [0.4, 0.5) is 0 Å². The first kappa shape index (κ1) is 12.1. The van der Waals surface area contributed by atoms with Crippen LogP contribution >= 0.6 is 11.5 Å². The van der Waals surface area contributed by atoms with Gasteiger partial charge in [-0.3, -0.25) is 0 Å². The van der Waals surface area contributed by atoms with Gasteiger partial charge < -0.3 is 10.5 Å². The second kappa shape index (κ2) is 5.29. The van der Waals surface area contributed by atoms with Gasteiger partial charge in [0, 0.05) is 17.0 Å². The number of aryl methyl sites for hydroxylation is 1. The van der Waals surface area contributed by atoms with Crippen LogP contribution in [-0.4, -0.2) is 11.0 Å². The normalized spacial score (nSPS) is 10.5. The summed E-state index contributed by atoms with van der Waals surface area (Å²) in [4.78, 5) is 1.10. The van der Waals surface area contributed by atoms with Gasteiger partial charge in [-0.1, -0.05) is 0 Å². The van der Waals surface area contributed by atoms with E-state index in [1.54, 1.807) is 0 Å². The van der Waals surface area contributed by atoms with E-state index in [9.17, 15) is 0 Å². The lowest BCUT2D eigenvalue weighted by Crippen LogP contribution is -1.94. The first-order chi connectivity index (χ1) is 8.24. The van der Waals surface area contributed by atoms with Gasteiger partial charge in [-0.05, 0) is 55.2 Å². The molecule has 17 heavy (non-hydrogen) atoms. The molecular formula is C13H16N2OS. The van der Waals surface area contributed by atoms with Gasteiger partial charge in [-0.15, -0.1) is 0 Å². The number of ether oxygens (including phenoxy) is 1. The summed E-state index contributed by atoms with van der Waals surface area (Å²) in [5, 5.41) is 0. The minimum atomic E-state index is 0.549. The van der Waals surface area contributed by atoms with Crippen LogP contribution < -0.4 is 10.5 Å². The van der Waals surface area contributed by atoms with Crippen molar-refractivity contribution in [1.29, 1.82) is 0 Å². The fourth-order valence-corrected chi connectivity index (χ4v) is 2.28. The molecule has 1 aromatic heterocycles. The highest BCUT2D eigenvalue weighted by molar-refractivity contribution is 7.06. The third-order valence-corrected chi connectivity index (χ3v) is 3.34. The monoisotopic (exact) mass is 248 g/mol. The van der Waals surface area contributed by atoms with Crippen LogP contribution in [-0.2, 0) is 6.54 Å². The molecule has 0 amide bonds. The smallest absolute Gasteiger partial charge is 0.122 e. The van der Waals surface area contributed by atoms with Crippen molar-refractivity contribution in [2.24, 2.45) is 5.73 Å². The summed E-state index contributed by atoms with van der Waals surface area (Å²) < 4.78 is 9.91. The maximum Gasteiger partial charge on any atom is 0.122 e. The Morgan fingerprint density at radius 2 is 2.18 bits per heavy atom. The lowest BCUT2D eigenvalue weighted by molar-refractivity contribution is 0.338. The zero-order chi connectivity index (χ0) is 12.3. The average molecular weight is 248 g/mol. The van der Waals surface area contributed by atoms with Gasteiger partial charge >= 0.3 is 0 Å². The number of nitrogens with two attached hydrogens (primary N) is 1. The van der Waals surface area contributed by atoms with Gasteiger partial charge in [0.15, 0.2) is 0 Å². The molecule has 0 atom stereocenters. The molecule has 0 radical (unpaired) electrons. The molecule has 0 aliphatic heterocycles. The molecule has 3 nitrogen and oxygen atoms in total. The van der Waals surface area contributed by atoms with Gasteiger partial charge in [0.25, 0.3) is 0 Å². The number of hydrogen-bond acceptors (Lipinski definition) is 4. The van der Waals surface area contributed by atoms with Crippen molar-refractivity contribution in [3.8, 4) is 17.0 Å². The molecule has 0 saturated carbocycles. The fourth-order valence-electron chi connectivity index (χ4n) is 1.67. The van der Waals surface area contributed by atoms with E-state index in [1.807, 2.05) is 32.0 Å². The summed E-state index contributed by atoms with van der Waals surface area (Å²) in [7, 11) is 0. The summed E-state index contributed by atoms with van der Waals surface area (Å²) in [6, 6.07) is 8.17. The molecule has 0 saturated heterocycles. The van der Waals surface area contributed by atoms with Crippen LogP contribution in [0.3, 0.4) is 0 Å². The number of rotatable bonds is 4. The van der Waals surface area contributed by atoms with Crippen molar-refractivity contribution < 1.29 is 4.74 Å². The maximum absolute atomic E-state index is 5.59. The third kappa shape index (κ3) is 2.65. The molecule has 0 fully saturated rings. The lowest BCUT2D eigenvalue weighted by Gasteiger charge is -2.07. The topological polar surface area (TPSA) is 48.1 Å². The van der Waals surface area contributed by atoms with Crippen LogP contribution in [0.25, 0.3) is 11.3 Å². The van der Waals surface area contributed by atoms with E-state index in [0.29, 0.717) is 13.2 Å². The van der Waals surface area contributed by atoms with Crippen LogP contribution in [0.5, 0.6) is 5.75 Å². The van der Waals surface area contributed by atoms with Gasteiger partial charge in [-0.2, -0.15) is 4.37 Å². The first-order valence-electron chi connectivity index (χ1n) is 5.64. The van der Waals surface area contributed by atoms with E-state index in [4.69, 9.17) is 10.5 Å². The maximum atomic E-state index is 5.59. The van der Waals surface area contributed by atoms with Crippen molar-refractivity contribution >= 4 is 11.5 Å². The predicted octanol–water partition coefficient (Wildman–Crippen LogP) is 2.98. The highest BCUT2D eigenvalue weighted by Gasteiger charge is 2.06. The van der Waals surface area contributed by atoms with E-state index in [1.165, 1.54) is 11.5 Å². The molecule has 2 N–H and O–H groups in total. The zero-order valence-electron chi connectivity index (χ0n) is 10.1. The Morgan fingerprint density at radius 1 is 1.35 bits per heavy atom. The van der Waals surface area contributed by atoms with Crippen LogP contribution in [0.1, 0.15) is 17.4 Å². The fraction of sp³-hybridized carbons (Fsp3) is 0.308. The number of nitrogens with zero attached hydrogens (tertiary/aromatic N) is 1. The number of hydrogen-bond donors (Lipinski definition) is 1. The van der Waals surface area contributed by atoms with Crippen LogP contribution in [0.2, 0.25) is 0 Å². The molecule has 0 aliphatic carbocycles. The van der Waals surface area contributed by atoms with Crippen LogP contribution in [0.15, 0.2) is 24.3 Å². The van der Waals surface area contributed by atoms with Crippen molar-refractivity contribution in [3.05, 3.63) is 34.7 Å². The molecule has 0 unspecified atom stereocenters. The molecular weight excluding hydrogens is 232 g/mol. The Bertz CT molecular complexity index is 508. The summed E-state index contributed by atoms with van der Waals surface area (Å²) >= 11 is 1.46. The third-order valence-electron chi connectivity index (χ3n) is 2.53. The Balaban J connectivity index is 2.30. The standard InChI is InChI=1S/C13H16N2OS/c1-3-16-13-5-4-10(6-9(13)2)12-7-11(8-14)17-15-12/h4-7H,3,8,14H2,1-2H3. The average Bonchev–Trinajstić information content (AvgIpc) is 2.80. The molecule has 2 rings (SSSR count). The highest BCUT2D eigenvalue weighted by atomic mass is 32.1. The SMILES string of the molecule is CCOc1ccc(-c2cc(CN)sn2)cc1C.